The summed E-state index contributed by atoms with van der Waals surface area (Å²) in [5, 5.41) is 0. The van der Waals surface area contributed by atoms with Crippen molar-refractivity contribution in [3.63, 3.8) is 0 Å². The molecule has 0 atom stereocenters. The molecule has 0 aliphatic carbocycles. The summed E-state index contributed by atoms with van der Waals surface area (Å²) in [6, 6.07) is 3.90. The van der Waals surface area contributed by atoms with Crippen LogP contribution in [-0.2, 0) is 13.1 Å². The lowest BCUT2D eigenvalue weighted by atomic mass is 10.1. The fourth-order valence-electron chi connectivity index (χ4n) is 1.94. The Balaban J connectivity index is 2.42. The van der Waals surface area contributed by atoms with Crippen LogP contribution in [0.5, 0.6) is 5.75 Å². The highest BCUT2D eigenvalue weighted by Crippen LogP contribution is 2.33. The molecule has 0 saturated heterocycles. The molecule has 1 aliphatic heterocycles. The summed E-state index contributed by atoms with van der Waals surface area (Å²) in [6.45, 7) is 4.58. The van der Waals surface area contributed by atoms with E-state index >= 15 is 0 Å². The van der Waals surface area contributed by atoms with Gasteiger partial charge in [0.15, 0.2) is 0 Å². The monoisotopic (exact) mass is 192 g/mol. The zero-order chi connectivity index (χ0) is 10.1. The van der Waals surface area contributed by atoms with E-state index in [1.807, 2.05) is 19.1 Å². The Kier molecular flexibility index (Phi) is 2.33. The van der Waals surface area contributed by atoms with Gasteiger partial charge in [0.1, 0.15) is 5.75 Å². The number of hydrogen-bond acceptors (Lipinski definition) is 3. The Morgan fingerprint density at radius 1 is 1.36 bits per heavy atom. The third-order valence-electron chi connectivity index (χ3n) is 2.58. The topological polar surface area (TPSA) is 38.5 Å². The molecule has 3 heteroatoms. The lowest BCUT2D eigenvalue weighted by Crippen LogP contribution is -2.08. The van der Waals surface area contributed by atoms with E-state index in [0.717, 1.165) is 24.5 Å². The maximum absolute atomic E-state index is 5.92. The van der Waals surface area contributed by atoms with Gasteiger partial charge >= 0.3 is 0 Å². The van der Waals surface area contributed by atoms with Crippen molar-refractivity contribution >= 4 is 5.69 Å². The highest BCUT2D eigenvalue weighted by atomic mass is 16.5. The van der Waals surface area contributed by atoms with Gasteiger partial charge in [0.05, 0.1) is 6.61 Å². The second-order valence-electron chi connectivity index (χ2n) is 3.72. The maximum atomic E-state index is 5.92. The predicted molar refractivity (Wildman–Crippen MR) is 57.2 cm³/mol. The van der Waals surface area contributed by atoms with Gasteiger partial charge in [0.2, 0.25) is 0 Å². The minimum absolute atomic E-state index is 0.708. The molecule has 0 fully saturated rings. The average molecular weight is 192 g/mol. The summed E-state index contributed by atoms with van der Waals surface area (Å²) in [5.41, 5.74) is 9.29. The van der Waals surface area contributed by atoms with E-state index in [9.17, 15) is 0 Å². The molecule has 14 heavy (non-hydrogen) atoms. The Bertz CT molecular complexity index is 349. The molecule has 0 amide bonds. The summed E-state index contributed by atoms with van der Waals surface area (Å²) < 4.78 is 5.57. The first kappa shape index (κ1) is 9.34. The number of hydrogen-bond donors (Lipinski definition) is 1. The van der Waals surface area contributed by atoms with Crippen LogP contribution in [0.15, 0.2) is 12.1 Å². The molecular weight excluding hydrogens is 176 g/mol. The first-order chi connectivity index (χ1) is 6.72. The van der Waals surface area contributed by atoms with Gasteiger partial charge in [-0.3, -0.25) is 4.90 Å². The van der Waals surface area contributed by atoms with Crippen molar-refractivity contribution in [1.82, 2.24) is 4.90 Å². The fourth-order valence-corrected chi connectivity index (χ4v) is 1.94. The van der Waals surface area contributed by atoms with Crippen molar-refractivity contribution < 1.29 is 4.74 Å². The molecule has 0 saturated carbocycles. The summed E-state index contributed by atoms with van der Waals surface area (Å²) >= 11 is 0. The number of nitrogen functional groups attached to an aromatic ring is 1. The Hall–Kier alpha value is -1.22. The third-order valence-corrected chi connectivity index (χ3v) is 2.58. The van der Waals surface area contributed by atoms with E-state index in [4.69, 9.17) is 10.5 Å². The third kappa shape index (κ3) is 1.44. The van der Waals surface area contributed by atoms with Crippen molar-refractivity contribution in [2.75, 3.05) is 19.4 Å². The first-order valence-corrected chi connectivity index (χ1v) is 4.94. The number of ether oxygens (including phenoxy) is 1. The lowest BCUT2D eigenvalue weighted by Gasteiger charge is -2.09. The van der Waals surface area contributed by atoms with Gasteiger partial charge in [-0.2, -0.15) is 0 Å². The molecule has 0 radical (unpaired) electrons. The lowest BCUT2D eigenvalue weighted by molar-refractivity contribution is 0.323. The maximum Gasteiger partial charge on any atom is 0.124 e. The molecule has 0 bridgehead atoms. The molecule has 1 aromatic carbocycles. The zero-order valence-corrected chi connectivity index (χ0v) is 8.71. The van der Waals surface area contributed by atoms with Crippen LogP contribution < -0.4 is 10.5 Å². The van der Waals surface area contributed by atoms with Crippen molar-refractivity contribution in [2.45, 2.75) is 20.0 Å². The number of rotatable bonds is 2. The van der Waals surface area contributed by atoms with Gasteiger partial charge < -0.3 is 10.5 Å². The van der Waals surface area contributed by atoms with Crippen LogP contribution in [0.4, 0.5) is 5.69 Å². The average Bonchev–Trinajstić information content (AvgIpc) is 2.53. The smallest absolute Gasteiger partial charge is 0.124 e. The molecule has 1 heterocycles. The number of benzene rings is 1. The summed E-state index contributed by atoms with van der Waals surface area (Å²) in [4.78, 5) is 2.24. The largest absolute Gasteiger partial charge is 0.494 e. The van der Waals surface area contributed by atoms with Crippen LogP contribution in [-0.4, -0.2) is 18.6 Å². The minimum Gasteiger partial charge on any atom is -0.494 e. The molecule has 2 rings (SSSR count). The molecule has 1 aliphatic rings. The van der Waals surface area contributed by atoms with Gasteiger partial charge in [-0.1, -0.05) is 0 Å². The molecule has 3 nitrogen and oxygen atoms in total. The van der Waals surface area contributed by atoms with Gasteiger partial charge in [-0.15, -0.1) is 0 Å². The standard InChI is InChI=1S/C11H16N2O/c1-3-14-11-5-4-10(12)8-6-13(2)7-9(8)11/h4-5H,3,6-7,12H2,1-2H3. The molecule has 0 spiro atoms. The van der Waals surface area contributed by atoms with Crippen molar-refractivity contribution in [3.8, 4) is 5.75 Å². The number of fused-ring (bicyclic) bond motifs is 1. The SMILES string of the molecule is CCOc1ccc(N)c2c1CN(C)C2. The normalized spacial score (nSPS) is 15.6. The highest BCUT2D eigenvalue weighted by Gasteiger charge is 2.21. The molecule has 0 unspecified atom stereocenters. The second kappa shape index (κ2) is 3.50. The van der Waals surface area contributed by atoms with Crippen LogP contribution in [0.1, 0.15) is 18.1 Å². The van der Waals surface area contributed by atoms with Crippen LogP contribution in [0.25, 0.3) is 0 Å². The fraction of sp³-hybridized carbons (Fsp3) is 0.455. The van der Waals surface area contributed by atoms with E-state index < -0.39 is 0 Å². The molecule has 2 N–H and O–H groups in total. The summed E-state index contributed by atoms with van der Waals surface area (Å²) in [5.74, 6) is 0.987. The van der Waals surface area contributed by atoms with E-state index in [1.165, 1.54) is 11.1 Å². The summed E-state index contributed by atoms with van der Waals surface area (Å²) in [7, 11) is 2.09. The van der Waals surface area contributed by atoms with Gasteiger partial charge in [-0.25, -0.2) is 0 Å². The number of nitrogens with two attached hydrogens (primary N) is 1. The minimum atomic E-state index is 0.708. The highest BCUT2D eigenvalue weighted by molar-refractivity contribution is 5.57. The molecular formula is C11H16N2O. The van der Waals surface area contributed by atoms with Crippen LogP contribution in [0, 0.1) is 0 Å². The predicted octanol–water partition coefficient (Wildman–Crippen LogP) is 1.61. The number of nitrogens with zero attached hydrogens (tertiary/aromatic N) is 1. The summed E-state index contributed by atoms with van der Waals surface area (Å²) in [6.07, 6.45) is 0. The Morgan fingerprint density at radius 3 is 2.79 bits per heavy atom. The van der Waals surface area contributed by atoms with Crippen molar-refractivity contribution in [3.05, 3.63) is 23.3 Å². The Morgan fingerprint density at radius 2 is 2.07 bits per heavy atom. The van der Waals surface area contributed by atoms with Crippen LogP contribution in [0.2, 0.25) is 0 Å². The van der Waals surface area contributed by atoms with Gasteiger partial charge in [0.25, 0.3) is 0 Å². The molecule has 0 aromatic heterocycles. The van der Waals surface area contributed by atoms with E-state index in [0.29, 0.717) is 6.61 Å². The first-order valence-electron chi connectivity index (χ1n) is 4.94. The van der Waals surface area contributed by atoms with Gasteiger partial charge in [0, 0.05) is 24.3 Å². The van der Waals surface area contributed by atoms with Crippen molar-refractivity contribution in [1.29, 1.82) is 0 Å². The van der Waals surface area contributed by atoms with Crippen molar-refractivity contribution in [2.24, 2.45) is 0 Å². The van der Waals surface area contributed by atoms with E-state index in [-0.39, 0.29) is 0 Å². The molecule has 76 valence electrons. The quantitative estimate of drug-likeness (QED) is 0.723. The Labute approximate surface area is 84.5 Å². The van der Waals surface area contributed by atoms with E-state index in [2.05, 4.69) is 11.9 Å². The van der Waals surface area contributed by atoms with Crippen LogP contribution in [0.3, 0.4) is 0 Å². The zero-order valence-electron chi connectivity index (χ0n) is 8.71. The second-order valence-corrected chi connectivity index (χ2v) is 3.72. The molecule has 1 aromatic rings. The van der Waals surface area contributed by atoms with Gasteiger partial charge in [-0.05, 0) is 31.7 Å². The van der Waals surface area contributed by atoms with E-state index in [1.54, 1.807) is 0 Å². The number of anilines is 1. The van der Waals surface area contributed by atoms with Crippen LogP contribution >= 0.6 is 0 Å².